The second-order valence-corrected chi connectivity index (χ2v) is 8.78. The van der Waals surface area contributed by atoms with Gasteiger partial charge in [0.15, 0.2) is 0 Å². The van der Waals surface area contributed by atoms with Crippen molar-refractivity contribution in [3.8, 4) is 6.07 Å². The van der Waals surface area contributed by atoms with Crippen molar-refractivity contribution in [3.63, 3.8) is 0 Å². The highest BCUT2D eigenvalue weighted by Gasteiger charge is 2.61. The van der Waals surface area contributed by atoms with Crippen LogP contribution in [0.4, 0.5) is 17.5 Å². The van der Waals surface area contributed by atoms with Crippen LogP contribution in [0.25, 0.3) is 0 Å². The van der Waals surface area contributed by atoms with E-state index in [9.17, 15) is 15.2 Å². The first-order valence-electron chi connectivity index (χ1n) is 10.3. The standard InChI is InChI=1S/C21H27N7O2/c1-4-14-10-27(18(30)21(14,12-22)15-5-6-15)17-7-8-23-19(26-17)25-16-9-24-28(11-16)20(2,3)13-29/h7-9,11,14-15,29H,4-6,10,13H2,1-3H3,(H,23,25,26)/t14-,21-/m0/s1. The number of anilines is 3. The maximum atomic E-state index is 13.3. The molecule has 2 atom stereocenters. The van der Waals surface area contributed by atoms with E-state index in [4.69, 9.17) is 0 Å². The molecule has 0 spiro atoms. The van der Waals surface area contributed by atoms with Crippen molar-refractivity contribution < 1.29 is 9.90 Å². The average Bonchev–Trinajstić information content (AvgIpc) is 3.41. The highest BCUT2D eigenvalue weighted by atomic mass is 16.3. The summed E-state index contributed by atoms with van der Waals surface area (Å²) in [7, 11) is 0. The molecule has 9 heteroatoms. The minimum absolute atomic E-state index is 0.00724. The molecule has 0 unspecified atom stereocenters. The number of hydrogen-bond acceptors (Lipinski definition) is 7. The van der Waals surface area contributed by atoms with Gasteiger partial charge in [0, 0.05) is 24.9 Å². The van der Waals surface area contributed by atoms with E-state index in [1.165, 1.54) is 0 Å². The van der Waals surface area contributed by atoms with E-state index in [1.54, 1.807) is 34.2 Å². The number of aliphatic hydroxyl groups excluding tert-OH is 1. The van der Waals surface area contributed by atoms with Gasteiger partial charge in [0.05, 0.1) is 30.1 Å². The third kappa shape index (κ3) is 3.21. The molecular formula is C21H27N7O2. The van der Waals surface area contributed by atoms with Crippen LogP contribution in [0.15, 0.2) is 24.7 Å². The molecule has 0 aromatic carbocycles. The van der Waals surface area contributed by atoms with E-state index in [2.05, 4.69) is 26.5 Å². The van der Waals surface area contributed by atoms with Gasteiger partial charge in [-0.25, -0.2) is 4.98 Å². The van der Waals surface area contributed by atoms with E-state index in [0.717, 1.165) is 19.3 Å². The first-order chi connectivity index (χ1) is 14.4. The summed E-state index contributed by atoms with van der Waals surface area (Å²) in [5, 5.41) is 26.8. The smallest absolute Gasteiger partial charge is 0.249 e. The molecule has 0 radical (unpaired) electrons. The number of aliphatic hydroxyl groups is 1. The van der Waals surface area contributed by atoms with Gasteiger partial charge in [-0.3, -0.25) is 14.4 Å². The number of aromatic nitrogens is 4. The van der Waals surface area contributed by atoms with E-state index in [1.807, 2.05) is 20.8 Å². The Hall–Kier alpha value is -2.99. The Morgan fingerprint density at radius 2 is 2.20 bits per heavy atom. The van der Waals surface area contributed by atoms with Crippen molar-refractivity contribution in [3.05, 3.63) is 24.7 Å². The van der Waals surface area contributed by atoms with Gasteiger partial charge < -0.3 is 10.4 Å². The van der Waals surface area contributed by atoms with Crippen LogP contribution >= 0.6 is 0 Å². The van der Waals surface area contributed by atoms with Gasteiger partial charge in [-0.15, -0.1) is 0 Å². The van der Waals surface area contributed by atoms with Crippen LogP contribution in [0.5, 0.6) is 0 Å². The molecule has 30 heavy (non-hydrogen) atoms. The minimum Gasteiger partial charge on any atom is -0.394 e. The van der Waals surface area contributed by atoms with Crippen molar-refractivity contribution in [1.82, 2.24) is 19.7 Å². The number of nitrogens with one attached hydrogen (secondary N) is 1. The highest BCUT2D eigenvalue weighted by molar-refractivity contribution is 6.02. The summed E-state index contributed by atoms with van der Waals surface area (Å²) >= 11 is 0. The summed E-state index contributed by atoms with van der Waals surface area (Å²) < 4.78 is 1.67. The fraction of sp³-hybridized carbons (Fsp3) is 0.571. The third-order valence-electron chi connectivity index (χ3n) is 6.31. The average molecular weight is 409 g/mol. The van der Waals surface area contributed by atoms with Gasteiger partial charge in [0.25, 0.3) is 0 Å². The van der Waals surface area contributed by atoms with Crippen molar-refractivity contribution in [1.29, 1.82) is 5.26 Å². The lowest BCUT2D eigenvalue weighted by Gasteiger charge is -2.24. The summed E-state index contributed by atoms with van der Waals surface area (Å²) in [4.78, 5) is 23.7. The third-order valence-corrected chi connectivity index (χ3v) is 6.31. The SMILES string of the molecule is CC[C@H]1CN(c2ccnc(Nc3cnn(C(C)(C)CO)c3)n2)C(=O)[C@]1(C#N)C1CC1. The molecule has 9 nitrogen and oxygen atoms in total. The predicted molar refractivity (Wildman–Crippen MR) is 111 cm³/mol. The molecule has 2 aromatic rings. The molecular weight excluding hydrogens is 382 g/mol. The van der Waals surface area contributed by atoms with Gasteiger partial charge in [0.2, 0.25) is 11.9 Å². The predicted octanol–water partition coefficient (Wildman–Crippen LogP) is 2.44. The normalized spacial score (nSPS) is 24.2. The Balaban J connectivity index is 1.57. The van der Waals surface area contributed by atoms with Gasteiger partial charge in [-0.1, -0.05) is 6.92 Å². The molecule has 2 aromatic heterocycles. The van der Waals surface area contributed by atoms with E-state index in [-0.39, 0.29) is 24.3 Å². The number of hydrogen-bond donors (Lipinski definition) is 2. The first kappa shape index (κ1) is 20.3. The van der Waals surface area contributed by atoms with Crippen molar-refractivity contribution in [2.75, 3.05) is 23.4 Å². The number of nitriles is 1. The Morgan fingerprint density at radius 1 is 1.43 bits per heavy atom. The van der Waals surface area contributed by atoms with Crippen LogP contribution in [-0.2, 0) is 10.3 Å². The van der Waals surface area contributed by atoms with Gasteiger partial charge >= 0.3 is 0 Å². The molecule has 1 saturated heterocycles. The Bertz CT molecular complexity index is 991. The molecule has 0 bridgehead atoms. The Labute approximate surface area is 175 Å². The molecule has 2 N–H and O–H groups in total. The summed E-state index contributed by atoms with van der Waals surface area (Å²) in [6.45, 7) is 6.25. The fourth-order valence-corrected chi connectivity index (χ4v) is 4.25. The van der Waals surface area contributed by atoms with E-state index in [0.29, 0.717) is 24.0 Å². The molecule has 2 fully saturated rings. The zero-order valence-electron chi connectivity index (χ0n) is 17.5. The van der Waals surface area contributed by atoms with Crippen LogP contribution < -0.4 is 10.2 Å². The fourth-order valence-electron chi connectivity index (χ4n) is 4.25. The number of rotatable bonds is 7. The minimum atomic E-state index is -0.926. The summed E-state index contributed by atoms with van der Waals surface area (Å²) in [5.41, 5.74) is -0.773. The monoisotopic (exact) mass is 409 g/mol. The molecule has 158 valence electrons. The zero-order chi connectivity index (χ0) is 21.5. The summed E-state index contributed by atoms with van der Waals surface area (Å²) in [6.07, 6.45) is 7.67. The Kier molecular flexibility index (Phi) is 4.98. The quantitative estimate of drug-likeness (QED) is 0.720. The maximum absolute atomic E-state index is 13.3. The lowest BCUT2D eigenvalue weighted by molar-refractivity contribution is -0.125. The number of carbonyl (C=O) groups excluding carboxylic acids is 1. The molecule has 1 aliphatic carbocycles. The molecule has 2 aliphatic rings. The largest absolute Gasteiger partial charge is 0.394 e. The second kappa shape index (κ2) is 7.36. The van der Waals surface area contributed by atoms with Crippen molar-refractivity contribution >= 4 is 23.4 Å². The van der Waals surface area contributed by atoms with Gasteiger partial charge in [0.1, 0.15) is 11.2 Å². The molecule has 1 aliphatic heterocycles. The topological polar surface area (TPSA) is 120 Å². The van der Waals surface area contributed by atoms with Gasteiger partial charge in [-0.2, -0.15) is 15.3 Å². The maximum Gasteiger partial charge on any atom is 0.249 e. The summed E-state index contributed by atoms with van der Waals surface area (Å²) in [5.74, 6) is 0.867. The summed E-state index contributed by atoms with van der Waals surface area (Å²) in [6, 6.07) is 4.09. The number of nitrogens with zero attached hydrogens (tertiary/aromatic N) is 6. The molecule has 3 heterocycles. The lowest BCUT2D eigenvalue weighted by atomic mass is 9.73. The van der Waals surface area contributed by atoms with Crippen molar-refractivity contribution in [2.24, 2.45) is 17.3 Å². The second-order valence-electron chi connectivity index (χ2n) is 8.78. The van der Waals surface area contributed by atoms with Crippen LogP contribution in [0, 0.1) is 28.6 Å². The van der Waals surface area contributed by atoms with E-state index >= 15 is 0 Å². The number of carbonyl (C=O) groups is 1. The zero-order valence-corrected chi connectivity index (χ0v) is 17.5. The van der Waals surface area contributed by atoms with Crippen LogP contribution in [0.3, 0.4) is 0 Å². The molecule has 1 amide bonds. The highest BCUT2D eigenvalue weighted by Crippen LogP contribution is 2.55. The van der Waals surface area contributed by atoms with Crippen LogP contribution in [-0.4, -0.2) is 43.9 Å². The van der Waals surface area contributed by atoms with Crippen molar-refractivity contribution in [2.45, 2.75) is 45.6 Å². The number of amides is 1. The van der Waals surface area contributed by atoms with E-state index < -0.39 is 11.0 Å². The van der Waals surface area contributed by atoms with Crippen LogP contribution in [0.2, 0.25) is 0 Å². The first-order valence-corrected chi connectivity index (χ1v) is 10.3. The molecule has 1 saturated carbocycles. The van der Waals surface area contributed by atoms with Gasteiger partial charge in [-0.05, 0) is 45.1 Å². The molecule has 4 rings (SSSR count). The lowest BCUT2D eigenvalue weighted by Crippen LogP contribution is -2.37. The van der Waals surface area contributed by atoms with Crippen LogP contribution in [0.1, 0.15) is 40.0 Å². The Morgan fingerprint density at radius 3 is 2.83 bits per heavy atom.